The van der Waals surface area contributed by atoms with Crippen LogP contribution in [0.3, 0.4) is 0 Å². The third kappa shape index (κ3) is 1.59. The number of carbonyl (C=O) groups is 2. The highest BCUT2D eigenvalue weighted by Crippen LogP contribution is 2.38. The molecule has 0 aromatic carbocycles. The average Bonchev–Trinajstić information content (AvgIpc) is 2.82. The van der Waals surface area contributed by atoms with Gasteiger partial charge < -0.3 is 9.64 Å². The lowest BCUT2D eigenvalue weighted by Gasteiger charge is -2.32. The molecule has 2 aliphatic rings. The normalized spacial score (nSPS) is 25.2. The van der Waals surface area contributed by atoms with Gasteiger partial charge in [-0.1, -0.05) is 12.8 Å². The molecule has 1 unspecified atom stereocenters. The molecule has 16 heavy (non-hydrogen) atoms. The fraction of sp³-hybridized carbons (Fsp3) is 0.818. The van der Waals surface area contributed by atoms with Gasteiger partial charge in [0.2, 0.25) is 0 Å². The number of hydrogen-bond acceptors (Lipinski definition) is 3. The fourth-order valence-corrected chi connectivity index (χ4v) is 2.64. The molecular formula is C11H18N2O3. The Kier molecular flexibility index (Phi) is 2.88. The first-order chi connectivity index (χ1) is 7.60. The molecule has 1 aliphatic carbocycles. The number of ether oxygens (including phenoxy) is 1. The largest absolute Gasteiger partial charge is 0.380 e. The highest BCUT2D eigenvalue weighted by molar-refractivity contribution is 6.07. The number of carbonyl (C=O) groups excluding carboxylic acids is 2. The molecule has 90 valence electrons. The maximum Gasteiger partial charge on any atom is 0.325 e. The number of amides is 3. The number of methoxy groups -OCH3 is 1. The number of urea groups is 1. The van der Waals surface area contributed by atoms with Crippen molar-refractivity contribution >= 4 is 11.9 Å². The monoisotopic (exact) mass is 226 g/mol. The Hall–Kier alpha value is -1.10. The summed E-state index contributed by atoms with van der Waals surface area (Å²) in [4.78, 5) is 25.3. The second-order valence-electron chi connectivity index (χ2n) is 4.65. The summed E-state index contributed by atoms with van der Waals surface area (Å²) in [5, 5.41) is 2.42. The Labute approximate surface area is 95.1 Å². The summed E-state index contributed by atoms with van der Waals surface area (Å²) in [6.45, 7) is 2.38. The maximum absolute atomic E-state index is 11.9. The molecule has 0 bridgehead atoms. The first-order valence-corrected chi connectivity index (χ1v) is 5.76. The number of rotatable bonds is 3. The van der Waals surface area contributed by atoms with Gasteiger partial charge in [-0.3, -0.25) is 10.1 Å². The Morgan fingerprint density at radius 1 is 1.44 bits per heavy atom. The van der Waals surface area contributed by atoms with Crippen LogP contribution in [0.5, 0.6) is 0 Å². The molecule has 1 heterocycles. The standard InChI is InChI=1S/C11H18N2O3/c1-8(16-2)7-13-10(15)12-9(14)11(13)5-3-4-6-11/h8H,3-7H2,1-2H3,(H,12,14,15). The van der Waals surface area contributed by atoms with Crippen LogP contribution in [0.2, 0.25) is 0 Å². The fourth-order valence-electron chi connectivity index (χ4n) is 2.64. The SMILES string of the molecule is COC(C)CN1C(=O)NC(=O)C12CCCC2. The summed E-state index contributed by atoms with van der Waals surface area (Å²) in [6.07, 6.45) is 3.54. The quantitative estimate of drug-likeness (QED) is 0.727. The van der Waals surface area contributed by atoms with Gasteiger partial charge in [-0.15, -0.1) is 0 Å². The molecule has 0 radical (unpaired) electrons. The Morgan fingerprint density at radius 3 is 2.62 bits per heavy atom. The van der Waals surface area contributed by atoms with Gasteiger partial charge in [0, 0.05) is 13.7 Å². The van der Waals surface area contributed by atoms with E-state index in [2.05, 4.69) is 5.32 Å². The second kappa shape index (κ2) is 4.05. The molecule has 1 atom stereocenters. The van der Waals surface area contributed by atoms with Crippen molar-refractivity contribution in [2.75, 3.05) is 13.7 Å². The van der Waals surface area contributed by atoms with Gasteiger partial charge in [0.25, 0.3) is 5.91 Å². The number of nitrogens with zero attached hydrogens (tertiary/aromatic N) is 1. The zero-order chi connectivity index (χ0) is 11.8. The lowest BCUT2D eigenvalue weighted by atomic mass is 9.96. The highest BCUT2D eigenvalue weighted by atomic mass is 16.5. The van der Waals surface area contributed by atoms with Crippen molar-refractivity contribution in [3.05, 3.63) is 0 Å². The van der Waals surface area contributed by atoms with Crippen LogP contribution in [0.1, 0.15) is 32.6 Å². The van der Waals surface area contributed by atoms with Crippen molar-refractivity contribution in [3.63, 3.8) is 0 Å². The predicted octanol–water partition coefficient (Wildman–Crippen LogP) is 0.886. The number of nitrogens with one attached hydrogen (secondary N) is 1. The predicted molar refractivity (Wildman–Crippen MR) is 57.9 cm³/mol. The summed E-state index contributed by atoms with van der Waals surface area (Å²) in [5.74, 6) is -0.127. The van der Waals surface area contributed by atoms with Crippen LogP contribution in [0.25, 0.3) is 0 Å². The zero-order valence-electron chi connectivity index (χ0n) is 9.78. The Morgan fingerprint density at radius 2 is 2.06 bits per heavy atom. The van der Waals surface area contributed by atoms with E-state index in [1.807, 2.05) is 6.92 Å². The van der Waals surface area contributed by atoms with E-state index in [-0.39, 0.29) is 18.0 Å². The van der Waals surface area contributed by atoms with E-state index in [4.69, 9.17) is 4.74 Å². The average molecular weight is 226 g/mol. The molecule has 0 aromatic heterocycles. The third-order valence-electron chi connectivity index (χ3n) is 3.68. The summed E-state index contributed by atoms with van der Waals surface area (Å²) in [6, 6.07) is -0.268. The molecule has 1 saturated carbocycles. The van der Waals surface area contributed by atoms with Crippen LogP contribution in [0, 0.1) is 0 Å². The van der Waals surface area contributed by atoms with E-state index >= 15 is 0 Å². The minimum absolute atomic E-state index is 0.0471. The van der Waals surface area contributed by atoms with Crippen LogP contribution in [-0.4, -0.2) is 42.1 Å². The molecule has 5 nitrogen and oxygen atoms in total. The zero-order valence-corrected chi connectivity index (χ0v) is 9.78. The highest BCUT2D eigenvalue weighted by Gasteiger charge is 2.54. The molecule has 0 aromatic rings. The Bertz CT molecular complexity index is 310. The molecular weight excluding hydrogens is 208 g/mol. The minimum atomic E-state index is -0.579. The Balaban J connectivity index is 2.19. The summed E-state index contributed by atoms with van der Waals surface area (Å²) < 4.78 is 5.17. The smallest absolute Gasteiger partial charge is 0.325 e. The summed E-state index contributed by atoms with van der Waals surface area (Å²) in [7, 11) is 1.61. The van der Waals surface area contributed by atoms with Gasteiger partial charge >= 0.3 is 6.03 Å². The molecule has 2 fully saturated rings. The van der Waals surface area contributed by atoms with Gasteiger partial charge in [-0.2, -0.15) is 0 Å². The van der Waals surface area contributed by atoms with Crippen LogP contribution in [-0.2, 0) is 9.53 Å². The molecule has 1 N–H and O–H groups in total. The van der Waals surface area contributed by atoms with E-state index < -0.39 is 5.54 Å². The third-order valence-corrected chi connectivity index (χ3v) is 3.68. The van der Waals surface area contributed by atoms with E-state index in [0.717, 1.165) is 25.7 Å². The molecule has 1 spiro atoms. The molecule has 5 heteroatoms. The second-order valence-corrected chi connectivity index (χ2v) is 4.65. The van der Waals surface area contributed by atoms with Gasteiger partial charge in [0.05, 0.1) is 6.10 Å². The topological polar surface area (TPSA) is 58.6 Å². The summed E-state index contributed by atoms with van der Waals surface area (Å²) in [5.41, 5.74) is -0.579. The first-order valence-electron chi connectivity index (χ1n) is 5.76. The maximum atomic E-state index is 11.9. The van der Waals surface area contributed by atoms with Crippen LogP contribution < -0.4 is 5.32 Å². The molecule has 2 rings (SSSR count). The number of imide groups is 1. The van der Waals surface area contributed by atoms with E-state index in [9.17, 15) is 9.59 Å². The lowest BCUT2D eigenvalue weighted by molar-refractivity contribution is -0.126. The van der Waals surface area contributed by atoms with Crippen LogP contribution >= 0.6 is 0 Å². The van der Waals surface area contributed by atoms with Crippen LogP contribution in [0.15, 0.2) is 0 Å². The van der Waals surface area contributed by atoms with Gasteiger partial charge in [-0.25, -0.2) is 4.79 Å². The van der Waals surface area contributed by atoms with Crippen molar-refractivity contribution in [2.24, 2.45) is 0 Å². The van der Waals surface area contributed by atoms with Crippen molar-refractivity contribution in [1.82, 2.24) is 10.2 Å². The van der Waals surface area contributed by atoms with E-state index in [1.54, 1.807) is 12.0 Å². The first kappa shape index (κ1) is 11.4. The lowest BCUT2D eigenvalue weighted by Crippen LogP contribution is -2.50. The van der Waals surface area contributed by atoms with Crippen molar-refractivity contribution in [3.8, 4) is 0 Å². The van der Waals surface area contributed by atoms with E-state index in [1.165, 1.54) is 0 Å². The number of hydrogen-bond donors (Lipinski definition) is 1. The van der Waals surface area contributed by atoms with Crippen molar-refractivity contribution < 1.29 is 14.3 Å². The summed E-state index contributed by atoms with van der Waals surface area (Å²) >= 11 is 0. The van der Waals surface area contributed by atoms with Gasteiger partial charge in [0.15, 0.2) is 0 Å². The van der Waals surface area contributed by atoms with Crippen molar-refractivity contribution in [1.29, 1.82) is 0 Å². The van der Waals surface area contributed by atoms with Gasteiger partial charge in [-0.05, 0) is 19.8 Å². The molecule has 1 aliphatic heterocycles. The van der Waals surface area contributed by atoms with Gasteiger partial charge in [0.1, 0.15) is 5.54 Å². The van der Waals surface area contributed by atoms with E-state index in [0.29, 0.717) is 6.54 Å². The minimum Gasteiger partial charge on any atom is -0.380 e. The van der Waals surface area contributed by atoms with Crippen molar-refractivity contribution in [2.45, 2.75) is 44.2 Å². The van der Waals surface area contributed by atoms with Crippen LogP contribution in [0.4, 0.5) is 4.79 Å². The molecule has 1 saturated heterocycles. The molecule has 3 amide bonds.